The van der Waals surface area contributed by atoms with Crippen molar-refractivity contribution in [1.29, 1.82) is 0 Å². The molecule has 4 nitrogen and oxygen atoms in total. The molecule has 1 fully saturated rings. The number of benzene rings is 2. The smallest absolute Gasteiger partial charge is 0.323 e. The minimum Gasteiger partial charge on any atom is -0.323 e. The van der Waals surface area contributed by atoms with Gasteiger partial charge in [-0.15, -0.1) is 0 Å². The summed E-state index contributed by atoms with van der Waals surface area (Å²) in [7, 11) is 0. The number of imide groups is 1. The van der Waals surface area contributed by atoms with Gasteiger partial charge >= 0.3 is 6.03 Å². The van der Waals surface area contributed by atoms with Gasteiger partial charge in [0.1, 0.15) is 11.4 Å². The van der Waals surface area contributed by atoms with Crippen LogP contribution in [0.4, 0.5) is 9.18 Å². The highest BCUT2D eigenvalue weighted by Crippen LogP contribution is 2.24. The summed E-state index contributed by atoms with van der Waals surface area (Å²) >= 11 is 0. The first kappa shape index (κ1) is 16.2. The Kier molecular flexibility index (Phi) is 4.34. The number of carbonyl (C=O) groups excluding carboxylic acids is 2. The largest absolute Gasteiger partial charge is 0.325 e. The second kappa shape index (κ2) is 6.43. The van der Waals surface area contributed by atoms with Crippen LogP contribution in [0.1, 0.15) is 24.5 Å². The van der Waals surface area contributed by atoms with E-state index in [-0.39, 0.29) is 18.3 Å². The van der Waals surface area contributed by atoms with Crippen molar-refractivity contribution in [3.63, 3.8) is 0 Å². The summed E-state index contributed by atoms with van der Waals surface area (Å²) in [6.45, 7) is 1.90. The first-order valence-corrected chi connectivity index (χ1v) is 7.90. The van der Waals surface area contributed by atoms with Crippen molar-refractivity contribution in [2.75, 3.05) is 0 Å². The number of urea groups is 1. The van der Waals surface area contributed by atoms with Gasteiger partial charge in [0.2, 0.25) is 0 Å². The number of aryl methyl sites for hydroxylation is 1. The van der Waals surface area contributed by atoms with Gasteiger partial charge in [-0.3, -0.25) is 9.69 Å². The number of amides is 3. The van der Waals surface area contributed by atoms with Gasteiger partial charge in [0.05, 0.1) is 6.54 Å². The predicted molar refractivity (Wildman–Crippen MR) is 88.6 cm³/mol. The van der Waals surface area contributed by atoms with Gasteiger partial charge in [-0.2, -0.15) is 0 Å². The van der Waals surface area contributed by atoms with Crippen LogP contribution < -0.4 is 5.32 Å². The molecule has 1 aliphatic rings. The number of nitrogens with one attached hydrogen (secondary N) is 1. The van der Waals surface area contributed by atoms with Gasteiger partial charge in [0.15, 0.2) is 0 Å². The Morgan fingerprint density at radius 1 is 1.00 bits per heavy atom. The van der Waals surface area contributed by atoms with Crippen molar-refractivity contribution in [3.05, 3.63) is 71.5 Å². The summed E-state index contributed by atoms with van der Waals surface area (Å²) in [5.41, 5.74) is 0.928. The van der Waals surface area contributed by atoms with Crippen LogP contribution in [0.25, 0.3) is 0 Å². The Balaban J connectivity index is 1.69. The van der Waals surface area contributed by atoms with Gasteiger partial charge in [-0.25, -0.2) is 9.18 Å². The Morgan fingerprint density at radius 2 is 1.67 bits per heavy atom. The molecular weight excluding hydrogens is 307 g/mol. The van der Waals surface area contributed by atoms with Crippen LogP contribution in [0.5, 0.6) is 0 Å². The Hall–Kier alpha value is -2.69. The fourth-order valence-electron chi connectivity index (χ4n) is 2.87. The summed E-state index contributed by atoms with van der Waals surface area (Å²) < 4.78 is 13.0. The monoisotopic (exact) mass is 326 g/mol. The van der Waals surface area contributed by atoms with E-state index < -0.39 is 11.6 Å². The zero-order valence-electron chi connectivity index (χ0n) is 13.5. The lowest BCUT2D eigenvalue weighted by atomic mass is 9.93. The summed E-state index contributed by atoms with van der Waals surface area (Å²) in [5.74, 6) is -0.587. The SMILES string of the molecule is C[C@@]1(CCc2ccccc2)NC(=O)N(Cc2ccc(F)cc2)C1=O. The number of nitrogens with zero attached hydrogens (tertiary/aromatic N) is 1. The number of rotatable bonds is 5. The molecule has 0 unspecified atom stereocenters. The third-order valence-corrected chi connectivity index (χ3v) is 4.36. The molecular formula is C19H19FN2O2. The molecule has 1 N–H and O–H groups in total. The molecule has 0 radical (unpaired) electrons. The highest BCUT2D eigenvalue weighted by Gasteiger charge is 2.47. The molecule has 1 saturated heterocycles. The first-order chi connectivity index (χ1) is 11.5. The lowest BCUT2D eigenvalue weighted by Crippen LogP contribution is -2.44. The molecule has 24 heavy (non-hydrogen) atoms. The minimum atomic E-state index is -0.910. The second-order valence-corrected chi connectivity index (χ2v) is 6.27. The molecule has 0 aliphatic carbocycles. The summed E-state index contributed by atoms with van der Waals surface area (Å²) in [4.78, 5) is 26.1. The molecule has 0 spiro atoms. The Labute approximate surface area is 140 Å². The first-order valence-electron chi connectivity index (χ1n) is 7.90. The maximum atomic E-state index is 13.0. The lowest BCUT2D eigenvalue weighted by molar-refractivity contribution is -0.131. The highest BCUT2D eigenvalue weighted by atomic mass is 19.1. The van der Waals surface area contributed by atoms with E-state index in [1.165, 1.54) is 17.0 Å². The standard InChI is InChI=1S/C19H19FN2O2/c1-19(12-11-14-5-3-2-4-6-14)17(23)22(18(24)21-19)13-15-7-9-16(20)10-8-15/h2-10H,11-13H2,1H3,(H,21,24)/t19-/m0/s1. The molecule has 3 rings (SSSR count). The number of halogens is 1. The van der Waals surface area contributed by atoms with E-state index >= 15 is 0 Å². The second-order valence-electron chi connectivity index (χ2n) is 6.27. The molecule has 5 heteroatoms. The minimum absolute atomic E-state index is 0.145. The Morgan fingerprint density at radius 3 is 2.33 bits per heavy atom. The van der Waals surface area contributed by atoms with Crippen molar-refractivity contribution in [2.24, 2.45) is 0 Å². The van der Waals surface area contributed by atoms with Crippen LogP contribution in [-0.4, -0.2) is 22.4 Å². The topological polar surface area (TPSA) is 49.4 Å². The summed E-state index contributed by atoms with van der Waals surface area (Å²) in [6.07, 6.45) is 1.23. The van der Waals surface area contributed by atoms with Crippen LogP contribution in [0.2, 0.25) is 0 Å². The number of hydrogen-bond acceptors (Lipinski definition) is 2. The molecule has 2 aromatic rings. The van der Waals surface area contributed by atoms with Gasteiger partial charge in [-0.05, 0) is 43.0 Å². The maximum absolute atomic E-state index is 13.0. The van der Waals surface area contributed by atoms with E-state index in [1.54, 1.807) is 19.1 Å². The van der Waals surface area contributed by atoms with Crippen LogP contribution in [-0.2, 0) is 17.8 Å². The molecule has 1 heterocycles. The highest BCUT2D eigenvalue weighted by molar-refractivity contribution is 6.06. The van der Waals surface area contributed by atoms with Crippen molar-refractivity contribution < 1.29 is 14.0 Å². The van der Waals surface area contributed by atoms with E-state index in [0.717, 1.165) is 5.56 Å². The van der Waals surface area contributed by atoms with E-state index in [0.29, 0.717) is 18.4 Å². The van der Waals surface area contributed by atoms with Crippen LogP contribution in [0.3, 0.4) is 0 Å². The van der Waals surface area contributed by atoms with Crippen LogP contribution >= 0.6 is 0 Å². The number of carbonyl (C=O) groups is 2. The van der Waals surface area contributed by atoms with E-state index in [4.69, 9.17) is 0 Å². The average Bonchev–Trinajstić information content (AvgIpc) is 2.80. The van der Waals surface area contributed by atoms with Gasteiger partial charge in [0, 0.05) is 0 Å². The third kappa shape index (κ3) is 3.30. The number of hydrogen-bond donors (Lipinski definition) is 1. The molecule has 0 saturated carbocycles. The van der Waals surface area contributed by atoms with Crippen LogP contribution in [0.15, 0.2) is 54.6 Å². The molecule has 124 valence electrons. The fourth-order valence-corrected chi connectivity index (χ4v) is 2.87. The van der Waals surface area contributed by atoms with Crippen molar-refractivity contribution >= 4 is 11.9 Å². The molecule has 3 amide bonds. The average molecular weight is 326 g/mol. The van der Waals surface area contributed by atoms with Gasteiger partial charge in [0.25, 0.3) is 5.91 Å². The lowest BCUT2D eigenvalue weighted by Gasteiger charge is -2.21. The summed E-state index contributed by atoms with van der Waals surface area (Å²) in [5, 5.41) is 2.80. The molecule has 0 bridgehead atoms. The third-order valence-electron chi connectivity index (χ3n) is 4.36. The van der Waals surface area contributed by atoms with Crippen LogP contribution in [0, 0.1) is 5.82 Å². The van der Waals surface area contributed by atoms with E-state index in [9.17, 15) is 14.0 Å². The quantitative estimate of drug-likeness (QED) is 0.857. The normalized spacial score (nSPS) is 20.3. The van der Waals surface area contributed by atoms with Gasteiger partial charge < -0.3 is 5.32 Å². The molecule has 1 aliphatic heterocycles. The fraction of sp³-hybridized carbons (Fsp3) is 0.263. The summed E-state index contributed by atoms with van der Waals surface area (Å²) in [6, 6.07) is 15.2. The zero-order valence-corrected chi connectivity index (χ0v) is 13.5. The molecule has 2 aromatic carbocycles. The van der Waals surface area contributed by atoms with E-state index in [2.05, 4.69) is 5.32 Å². The molecule has 0 aromatic heterocycles. The molecule has 1 atom stereocenters. The van der Waals surface area contributed by atoms with Gasteiger partial charge in [-0.1, -0.05) is 42.5 Å². The van der Waals surface area contributed by atoms with Crippen molar-refractivity contribution in [2.45, 2.75) is 31.8 Å². The maximum Gasteiger partial charge on any atom is 0.325 e. The van der Waals surface area contributed by atoms with E-state index in [1.807, 2.05) is 30.3 Å². The van der Waals surface area contributed by atoms with Crippen molar-refractivity contribution in [1.82, 2.24) is 10.2 Å². The zero-order chi connectivity index (χ0) is 17.2. The van der Waals surface area contributed by atoms with Crippen molar-refractivity contribution in [3.8, 4) is 0 Å². The predicted octanol–water partition coefficient (Wildman–Crippen LogP) is 3.27. The Bertz CT molecular complexity index is 746.